The van der Waals surface area contributed by atoms with Crippen LogP contribution in [0.25, 0.3) is 10.2 Å². The Bertz CT molecular complexity index is 783. The molecule has 0 aliphatic rings. The molecule has 0 fully saturated rings. The van der Waals surface area contributed by atoms with E-state index in [0.29, 0.717) is 21.6 Å². The Labute approximate surface area is 135 Å². The predicted molar refractivity (Wildman–Crippen MR) is 87.3 cm³/mol. The number of thiazole rings is 1. The fraction of sp³-hybridized carbons (Fsp3) is 0.0667. The van der Waals surface area contributed by atoms with Gasteiger partial charge < -0.3 is 5.32 Å². The van der Waals surface area contributed by atoms with Gasteiger partial charge in [0.05, 0.1) is 10.2 Å². The summed E-state index contributed by atoms with van der Waals surface area (Å²) < 4.78 is 0.993. The smallest absolute Gasteiger partial charge is 0.280 e. The number of nitrogens with one attached hydrogen (secondary N) is 1. The molecule has 1 heterocycles. The summed E-state index contributed by atoms with van der Waals surface area (Å²) in [6, 6.07) is 12.9. The molecule has 3 nitrogen and oxygen atoms in total. The number of nitrogens with zero attached hydrogens (tertiary/aromatic N) is 1. The van der Waals surface area contributed by atoms with Crippen molar-refractivity contribution in [3.8, 4) is 0 Å². The lowest BCUT2D eigenvalue weighted by molar-refractivity contribution is 0.0951. The Hall–Kier alpha value is -1.62. The van der Waals surface area contributed by atoms with Crippen LogP contribution in [0.4, 0.5) is 0 Å². The van der Waals surface area contributed by atoms with Crippen LogP contribution in [-0.4, -0.2) is 10.9 Å². The molecule has 0 bridgehead atoms. The third-order valence-corrected chi connectivity index (χ3v) is 4.56. The number of aromatic nitrogens is 1. The molecule has 3 rings (SSSR count). The van der Waals surface area contributed by atoms with Gasteiger partial charge in [-0.05, 0) is 29.8 Å². The Morgan fingerprint density at radius 1 is 1.19 bits per heavy atom. The van der Waals surface area contributed by atoms with Crippen molar-refractivity contribution in [1.29, 1.82) is 0 Å². The summed E-state index contributed by atoms with van der Waals surface area (Å²) in [4.78, 5) is 16.4. The molecule has 0 unspecified atom stereocenters. The molecule has 0 saturated heterocycles. The summed E-state index contributed by atoms with van der Waals surface area (Å²) in [5, 5.41) is 4.37. The van der Waals surface area contributed by atoms with E-state index >= 15 is 0 Å². The minimum absolute atomic E-state index is 0.206. The number of hydrogen-bond donors (Lipinski definition) is 1. The van der Waals surface area contributed by atoms with E-state index < -0.39 is 0 Å². The van der Waals surface area contributed by atoms with Crippen molar-refractivity contribution in [3.63, 3.8) is 0 Å². The molecular formula is C15H10Cl2N2OS. The Morgan fingerprint density at radius 3 is 2.76 bits per heavy atom. The Kier molecular flexibility index (Phi) is 4.10. The van der Waals surface area contributed by atoms with Crippen LogP contribution in [0.2, 0.25) is 10.0 Å². The largest absolute Gasteiger partial charge is 0.346 e. The van der Waals surface area contributed by atoms with Crippen molar-refractivity contribution in [2.75, 3.05) is 0 Å². The summed E-state index contributed by atoms with van der Waals surface area (Å²) in [5.41, 5.74) is 1.65. The van der Waals surface area contributed by atoms with E-state index in [1.54, 1.807) is 18.2 Å². The molecule has 0 aliphatic heterocycles. The molecular weight excluding hydrogens is 327 g/mol. The number of amides is 1. The first-order chi connectivity index (χ1) is 10.1. The summed E-state index contributed by atoms with van der Waals surface area (Å²) >= 11 is 13.3. The van der Waals surface area contributed by atoms with E-state index in [0.717, 1.165) is 15.8 Å². The average molecular weight is 337 g/mol. The third kappa shape index (κ3) is 3.18. The second-order valence-corrected chi connectivity index (χ2v) is 6.28. The van der Waals surface area contributed by atoms with Crippen molar-refractivity contribution in [1.82, 2.24) is 10.3 Å². The molecule has 0 saturated carbocycles. The number of carbonyl (C=O) groups is 1. The number of fused-ring (bicyclic) bond motifs is 1. The maximum Gasteiger partial charge on any atom is 0.280 e. The van der Waals surface area contributed by atoms with Gasteiger partial charge in [0.15, 0.2) is 5.01 Å². The van der Waals surface area contributed by atoms with Gasteiger partial charge in [0.25, 0.3) is 5.91 Å². The highest BCUT2D eigenvalue weighted by atomic mass is 35.5. The maximum absolute atomic E-state index is 12.1. The van der Waals surface area contributed by atoms with Crippen molar-refractivity contribution in [3.05, 3.63) is 63.1 Å². The van der Waals surface area contributed by atoms with Gasteiger partial charge in [0.2, 0.25) is 0 Å². The van der Waals surface area contributed by atoms with E-state index in [9.17, 15) is 4.79 Å². The molecule has 0 spiro atoms. The van der Waals surface area contributed by atoms with E-state index in [-0.39, 0.29) is 5.91 Å². The van der Waals surface area contributed by atoms with Crippen LogP contribution in [0, 0.1) is 0 Å². The van der Waals surface area contributed by atoms with Crippen LogP contribution >= 0.6 is 34.5 Å². The Morgan fingerprint density at radius 2 is 2.00 bits per heavy atom. The van der Waals surface area contributed by atoms with Gasteiger partial charge in [0.1, 0.15) is 0 Å². The average Bonchev–Trinajstić information content (AvgIpc) is 2.90. The highest BCUT2D eigenvalue weighted by molar-refractivity contribution is 7.20. The zero-order chi connectivity index (χ0) is 14.8. The standard InChI is InChI=1S/C15H10Cl2N2OS/c16-10-6-5-9(11(17)7-10)8-18-14(20)15-19-12-3-1-2-4-13(12)21-15/h1-7H,8H2,(H,18,20). The first-order valence-electron chi connectivity index (χ1n) is 6.21. The molecule has 0 atom stereocenters. The summed E-state index contributed by atoms with van der Waals surface area (Å²) in [7, 11) is 0. The summed E-state index contributed by atoms with van der Waals surface area (Å²) in [6.45, 7) is 0.338. The number of para-hydroxylation sites is 1. The van der Waals surface area contributed by atoms with Gasteiger partial charge in [-0.25, -0.2) is 4.98 Å². The molecule has 0 aliphatic carbocycles. The highest BCUT2D eigenvalue weighted by Gasteiger charge is 2.12. The molecule has 2 aromatic carbocycles. The highest BCUT2D eigenvalue weighted by Crippen LogP contribution is 2.23. The van der Waals surface area contributed by atoms with Crippen LogP contribution < -0.4 is 5.32 Å². The lowest BCUT2D eigenvalue weighted by atomic mass is 10.2. The van der Waals surface area contributed by atoms with Gasteiger partial charge in [-0.3, -0.25) is 4.79 Å². The van der Waals surface area contributed by atoms with Gasteiger partial charge >= 0.3 is 0 Å². The molecule has 0 radical (unpaired) electrons. The number of rotatable bonds is 3. The normalized spacial score (nSPS) is 10.8. The first kappa shape index (κ1) is 14.3. The maximum atomic E-state index is 12.1. The topological polar surface area (TPSA) is 42.0 Å². The van der Waals surface area contributed by atoms with Crippen molar-refractivity contribution in [2.45, 2.75) is 6.54 Å². The van der Waals surface area contributed by atoms with Crippen molar-refractivity contribution < 1.29 is 4.79 Å². The second kappa shape index (κ2) is 6.02. The van der Waals surface area contributed by atoms with Crippen molar-refractivity contribution in [2.24, 2.45) is 0 Å². The van der Waals surface area contributed by atoms with Crippen LogP contribution in [-0.2, 0) is 6.54 Å². The lowest BCUT2D eigenvalue weighted by Crippen LogP contribution is -2.22. The molecule has 1 amide bonds. The molecule has 1 N–H and O–H groups in total. The summed E-state index contributed by atoms with van der Waals surface area (Å²) in [5.74, 6) is -0.206. The minimum atomic E-state index is -0.206. The van der Waals surface area contributed by atoms with E-state index in [1.165, 1.54) is 11.3 Å². The minimum Gasteiger partial charge on any atom is -0.346 e. The van der Waals surface area contributed by atoms with Crippen molar-refractivity contribution >= 4 is 50.7 Å². The molecule has 3 aromatic rings. The molecule has 6 heteroatoms. The third-order valence-electron chi connectivity index (χ3n) is 2.94. The zero-order valence-electron chi connectivity index (χ0n) is 10.8. The summed E-state index contributed by atoms with van der Waals surface area (Å²) in [6.07, 6.45) is 0. The lowest BCUT2D eigenvalue weighted by Gasteiger charge is -2.05. The Balaban J connectivity index is 1.74. The van der Waals surface area contributed by atoms with E-state index in [4.69, 9.17) is 23.2 Å². The molecule has 1 aromatic heterocycles. The first-order valence-corrected chi connectivity index (χ1v) is 7.78. The van der Waals surface area contributed by atoms with Gasteiger partial charge in [-0.15, -0.1) is 11.3 Å². The second-order valence-electron chi connectivity index (χ2n) is 4.41. The number of halogens is 2. The van der Waals surface area contributed by atoms with Gasteiger partial charge in [-0.1, -0.05) is 41.4 Å². The predicted octanol–water partition coefficient (Wildman–Crippen LogP) is 4.53. The van der Waals surface area contributed by atoms with Crippen LogP contribution in [0.5, 0.6) is 0 Å². The van der Waals surface area contributed by atoms with Crippen LogP contribution in [0.3, 0.4) is 0 Å². The number of carbonyl (C=O) groups excluding carboxylic acids is 1. The quantitative estimate of drug-likeness (QED) is 0.763. The van der Waals surface area contributed by atoms with Gasteiger partial charge in [-0.2, -0.15) is 0 Å². The zero-order valence-corrected chi connectivity index (χ0v) is 13.1. The molecule has 21 heavy (non-hydrogen) atoms. The SMILES string of the molecule is O=C(NCc1ccc(Cl)cc1Cl)c1nc2ccccc2s1. The number of benzene rings is 2. The van der Waals surface area contributed by atoms with Crippen LogP contribution in [0.15, 0.2) is 42.5 Å². The number of hydrogen-bond acceptors (Lipinski definition) is 3. The van der Waals surface area contributed by atoms with E-state index in [2.05, 4.69) is 10.3 Å². The monoisotopic (exact) mass is 336 g/mol. The van der Waals surface area contributed by atoms with E-state index in [1.807, 2.05) is 24.3 Å². The molecule has 106 valence electrons. The van der Waals surface area contributed by atoms with Crippen LogP contribution in [0.1, 0.15) is 15.4 Å². The fourth-order valence-electron chi connectivity index (χ4n) is 1.89. The fourth-order valence-corrected chi connectivity index (χ4v) is 3.24. The van der Waals surface area contributed by atoms with Gasteiger partial charge in [0, 0.05) is 16.6 Å².